The highest BCUT2D eigenvalue weighted by molar-refractivity contribution is 6.33. The SMILES string of the molecule is O=C(CN1CCCC1CCCO)Nc1ccc(F)cc1Cl. The van der Waals surface area contributed by atoms with Gasteiger partial charge in [-0.1, -0.05) is 11.6 Å². The number of hydrogen-bond acceptors (Lipinski definition) is 3. The quantitative estimate of drug-likeness (QED) is 0.849. The molecule has 1 amide bonds. The highest BCUT2D eigenvalue weighted by Crippen LogP contribution is 2.24. The number of benzene rings is 1. The first-order chi connectivity index (χ1) is 10.1. The first kappa shape index (κ1) is 16.2. The lowest BCUT2D eigenvalue weighted by Gasteiger charge is -2.23. The second-order valence-corrected chi connectivity index (χ2v) is 5.71. The van der Waals surface area contributed by atoms with Crippen LogP contribution in [-0.2, 0) is 4.79 Å². The molecule has 2 rings (SSSR count). The van der Waals surface area contributed by atoms with E-state index in [1.165, 1.54) is 18.2 Å². The van der Waals surface area contributed by atoms with E-state index in [4.69, 9.17) is 16.7 Å². The molecule has 0 aliphatic carbocycles. The summed E-state index contributed by atoms with van der Waals surface area (Å²) in [5.74, 6) is -0.582. The highest BCUT2D eigenvalue weighted by Gasteiger charge is 2.25. The molecule has 1 saturated heterocycles. The van der Waals surface area contributed by atoms with Crippen molar-refractivity contribution in [3.8, 4) is 0 Å². The fraction of sp³-hybridized carbons (Fsp3) is 0.533. The van der Waals surface area contributed by atoms with Gasteiger partial charge in [0.2, 0.25) is 5.91 Å². The number of likely N-dealkylation sites (tertiary alicyclic amines) is 1. The molecule has 1 aliphatic rings. The summed E-state index contributed by atoms with van der Waals surface area (Å²) >= 11 is 5.89. The van der Waals surface area contributed by atoms with Crippen molar-refractivity contribution in [2.75, 3.05) is 25.0 Å². The van der Waals surface area contributed by atoms with Crippen LogP contribution in [0.15, 0.2) is 18.2 Å². The van der Waals surface area contributed by atoms with E-state index >= 15 is 0 Å². The number of carbonyl (C=O) groups excluding carboxylic acids is 1. The largest absolute Gasteiger partial charge is 0.396 e. The average molecular weight is 315 g/mol. The first-order valence-electron chi connectivity index (χ1n) is 7.20. The Balaban J connectivity index is 1.89. The molecule has 0 saturated carbocycles. The van der Waals surface area contributed by atoms with Crippen LogP contribution in [0.3, 0.4) is 0 Å². The molecule has 0 spiro atoms. The lowest BCUT2D eigenvalue weighted by Crippen LogP contribution is -2.37. The summed E-state index contributed by atoms with van der Waals surface area (Å²) in [5, 5.41) is 11.8. The molecule has 1 atom stereocenters. The normalized spacial score (nSPS) is 18.9. The van der Waals surface area contributed by atoms with E-state index in [1.54, 1.807) is 0 Å². The van der Waals surface area contributed by atoms with Gasteiger partial charge in [-0.25, -0.2) is 4.39 Å². The molecule has 1 aromatic rings. The van der Waals surface area contributed by atoms with Crippen LogP contribution in [0.1, 0.15) is 25.7 Å². The number of nitrogens with zero attached hydrogens (tertiary/aromatic N) is 1. The van der Waals surface area contributed by atoms with Gasteiger partial charge in [0.05, 0.1) is 17.3 Å². The Morgan fingerprint density at radius 3 is 3.05 bits per heavy atom. The summed E-state index contributed by atoms with van der Waals surface area (Å²) in [6, 6.07) is 4.26. The number of rotatable bonds is 6. The number of amides is 1. The number of anilines is 1. The predicted molar refractivity (Wildman–Crippen MR) is 81.0 cm³/mol. The van der Waals surface area contributed by atoms with Gasteiger partial charge >= 0.3 is 0 Å². The number of carbonyl (C=O) groups is 1. The van der Waals surface area contributed by atoms with Gasteiger partial charge in [0.15, 0.2) is 0 Å². The Bertz CT molecular complexity index is 499. The fourth-order valence-electron chi connectivity index (χ4n) is 2.72. The summed E-state index contributed by atoms with van der Waals surface area (Å²) in [7, 11) is 0. The molecule has 116 valence electrons. The van der Waals surface area contributed by atoms with Crippen LogP contribution in [-0.4, -0.2) is 41.7 Å². The van der Waals surface area contributed by atoms with E-state index in [9.17, 15) is 9.18 Å². The summed E-state index contributed by atoms with van der Waals surface area (Å²) in [6.07, 6.45) is 3.79. The monoisotopic (exact) mass is 314 g/mol. The van der Waals surface area contributed by atoms with Crippen LogP contribution < -0.4 is 5.32 Å². The van der Waals surface area contributed by atoms with Crippen LogP contribution >= 0.6 is 11.6 Å². The first-order valence-corrected chi connectivity index (χ1v) is 7.58. The zero-order valence-electron chi connectivity index (χ0n) is 11.8. The Kier molecular flexibility index (Phi) is 5.96. The molecule has 1 heterocycles. The second kappa shape index (κ2) is 7.73. The highest BCUT2D eigenvalue weighted by atomic mass is 35.5. The van der Waals surface area contributed by atoms with Gasteiger partial charge in [0, 0.05) is 12.6 Å². The van der Waals surface area contributed by atoms with Gasteiger partial charge in [0.25, 0.3) is 0 Å². The molecule has 2 N–H and O–H groups in total. The minimum Gasteiger partial charge on any atom is -0.396 e. The van der Waals surface area contributed by atoms with Crippen molar-refractivity contribution in [2.24, 2.45) is 0 Å². The molecule has 1 aliphatic heterocycles. The number of hydrogen-bond donors (Lipinski definition) is 2. The van der Waals surface area contributed by atoms with Crippen LogP contribution in [0.4, 0.5) is 10.1 Å². The maximum absolute atomic E-state index is 13.0. The van der Waals surface area contributed by atoms with E-state index in [0.29, 0.717) is 18.3 Å². The van der Waals surface area contributed by atoms with Crippen molar-refractivity contribution in [3.63, 3.8) is 0 Å². The molecule has 21 heavy (non-hydrogen) atoms. The lowest BCUT2D eigenvalue weighted by molar-refractivity contribution is -0.117. The van der Waals surface area contributed by atoms with Crippen molar-refractivity contribution in [2.45, 2.75) is 31.7 Å². The number of aliphatic hydroxyl groups is 1. The minimum absolute atomic E-state index is 0.153. The zero-order valence-corrected chi connectivity index (χ0v) is 12.6. The third-order valence-corrected chi connectivity index (χ3v) is 4.06. The van der Waals surface area contributed by atoms with Crippen LogP contribution in [0.25, 0.3) is 0 Å². The van der Waals surface area contributed by atoms with Gasteiger partial charge < -0.3 is 10.4 Å². The maximum atomic E-state index is 13.0. The Labute approximate surface area is 128 Å². The van der Waals surface area contributed by atoms with Gasteiger partial charge in [-0.2, -0.15) is 0 Å². The van der Waals surface area contributed by atoms with Gasteiger partial charge in [-0.3, -0.25) is 9.69 Å². The molecule has 6 heteroatoms. The van der Waals surface area contributed by atoms with Crippen LogP contribution in [0.5, 0.6) is 0 Å². The molecular weight excluding hydrogens is 295 g/mol. The zero-order chi connectivity index (χ0) is 15.2. The second-order valence-electron chi connectivity index (χ2n) is 5.30. The molecule has 4 nitrogen and oxygen atoms in total. The Morgan fingerprint density at radius 2 is 2.33 bits per heavy atom. The van der Waals surface area contributed by atoms with Gasteiger partial charge in [-0.15, -0.1) is 0 Å². The molecule has 0 aromatic heterocycles. The van der Waals surface area contributed by atoms with E-state index in [0.717, 1.165) is 32.2 Å². The molecule has 1 unspecified atom stereocenters. The molecule has 0 bridgehead atoms. The number of aliphatic hydroxyl groups excluding tert-OH is 1. The lowest BCUT2D eigenvalue weighted by atomic mass is 10.1. The van der Waals surface area contributed by atoms with E-state index in [1.807, 2.05) is 0 Å². The van der Waals surface area contributed by atoms with E-state index < -0.39 is 5.82 Å². The van der Waals surface area contributed by atoms with E-state index in [2.05, 4.69) is 10.2 Å². The molecule has 1 fully saturated rings. The minimum atomic E-state index is -0.429. The van der Waals surface area contributed by atoms with Crippen LogP contribution in [0.2, 0.25) is 5.02 Å². The summed E-state index contributed by atoms with van der Waals surface area (Å²) in [6.45, 7) is 1.37. The Morgan fingerprint density at radius 1 is 1.52 bits per heavy atom. The van der Waals surface area contributed by atoms with Gasteiger partial charge in [-0.05, 0) is 50.4 Å². The predicted octanol–water partition coefficient (Wildman–Crippen LogP) is 2.65. The topological polar surface area (TPSA) is 52.6 Å². The van der Waals surface area contributed by atoms with Crippen molar-refractivity contribution >= 4 is 23.2 Å². The van der Waals surface area contributed by atoms with Gasteiger partial charge in [0.1, 0.15) is 5.82 Å². The third kappa shape index (κ3) is 4.66. The smallest absolute Gasteiger partial charge is 0.238 e. The van der Waals surface area contributed by atoms with Crippen molar-refractivity contribution in [1.82, 2.24) is 4.90 Å². The number of halogens is 2. The van der Waals surface area contributed by atoms with Crippen molar-refractivity contribution in [3.05, 3.63) is 29.0 Å². The summed E-state index contributed by atoms with van der Waals surface area (Å²) in [5.41, 5.74) is 0.425. The standard InChI is InChI=1S/C15H20ClFN2O2/c16-13-9-11(17)5-6-14(13)18-15(21)10-19-7-1-3-12(19)4-2-8-20/h5-6,9,12,20H,1-4,7-8,10H2,(H,18,21). The van der Waals surface area contributed by atoms with Crippen LogP contribution in [0, 0.1) is 5.82 Å². The molecule has 0 radical (unpaired) electrons. The fourth-order valence-corrected chi connectivity index (χ4v) is 2.94. The van der Waals surface area contributed by atoms with Crippen molar-refractivity contribution < 1.29 is 14.3 Å². The average Bonchev–Trinajstić information content (AvgIpc) is 2.87. The number of nitrogens with one attached hydrogen (secondary N) is 1. The maximum Gasteiger partial charge on any atom is 0.238 e. The molecule has 1 aromatic carbocycles. The third-order valence-electron chi connectivity index (χ3n) is 3.75. The molecular formula is C15H20ClFN2O2. The summed E-state index contributed by atoms with van der Waals surface area (Å²) < 4.78 is 13.0. The summed E-state index contributed by atoms with van der Waals surface area (Å²) in [4.78, 5) is 14.2. The Hall–Kier alpha value is -1.17. The van der Waals surface area contributed by atoms with Crippen molar-refractivity contribution in [1.29, 1.82) is 0 Å². The van der Waals surface area contributed by atoms with E-state index in [-0.39, 0.29) is 17.5 Å².